The van der Waals surface area contributed by atoms with Gasteiger partial charge in [-0.15, -0.1) is 0 Å². The Labute approximate surface area is 126 Å². The zero-order valence-electron chi connectivity index (χ0n) is 13.1. The summed E-state index contributed by atoms with van der Waals surface area (Å²) in [4.78, 5) is 2.37. The average molecular weight is 291 g/mol. The Morgan fingerprint density at radius 1 is 1.43 bits per heavy atom. The minimum atomic E-state index is 0.0851. The third-order valence-corrected chi connectivity index (χ3v) is 3.86. The Morgan fingerprint density at radius 2 is 2.10 bits per heavy atom. The van der Waals surface area contributed by atoms with E-state index in [0.29, 0.717) is 6.61 Å². The molecule has 0 spiro atoms. The number of aryl methyl sites for hydroxylation is 2. The maximum absolute atomic E-state index is 7.52. The van der Waals surface area contributed by atoms with Crippen molar-refractivity contribution in [3.63, 3.8) is 0 Å². The lowest BCUT2D eigenvalue weighted by Gasteiger charge is -2.32. The molecule has 1 aromatic rings. The minimum absolute atomic E-state index is 0.0851. The number of morpholine rings is 1. The number of hydrogen-bond acceptors (Lipinski definition) is 4. The minimum Gasteiger partial charge on any atom is -0.490 e. The SMILES string of the molecule is CCN1CCOC(COc2c(C)cc(C(=N)N)cc2C)C1. The maximum atomic E-state index is 7.52. The fourth-order valence-electron chi connectivity index (χ4n) is 2.68. The lowest BCUT2D eigenvalue weighted by Crippen LogP contribution is -2.44. The van der Waals surface area contributed by atoms with Crippen molar-refractivity contribution in [1.82, 2.24) is 4.90 Å². The van der Waals surface area contributed by atoms with Gasteiger partial charge in [0.15, 0.2) is 0 Å². The highest BCUT2D eigenvalue weighted by atomic mass is 16.5. The van der Waals surface area contributed by atoms with E-state index < -0.39 is 0 Å². The quantitative estimate of drug-likeness (QED) is 0.639. The average Bonchev–Trinajstić information content (AvgIpc) is 2.46. The summed E-state index contributed by atoms with van der Waals surface area (Å²) in [7, 11) is 0. The summed E-state index contributed by atoms with van der Waals surface area (Å²) in [5.74, 6) is 0.958. The Kier molecular flexibility index (Phi) is 5.20. The molecule has 21 heavy (non-hydrogen) atoms. The van der Waals surface area contributed by atoms with Crippen molar-refractivity contribution >= 4 is 5.84 Å². The Balaban J connectivity index is 2.01. The van der Waals surface area contributed by atoms with Crippen LogP contribution in [0.3, 0.4) is 0 Å². The number of benzene rings is 1. The van der Waals surface area contributed by atoms with Gasteiger partial charge in [0.2, 0.25) is 0 Å². The van der Waals surface area contributed by atoms with E-state index in [0.717, 1.165) is 48.7 Å². The van der Waals surface area contributed by atoms with Crippen molar-refractivity contribution < 1.29 is 9.47 Å². The normalized spacial score (nSPS) is 19.5. The van der Waals surface area contributed by atoms with E-state index >= 15 is 0 Å². The summed E-state index contributed by atoms with van der Waals surface area (Å²) in [6.45, 7) is 10.4. The Bertz CT molecular complexity index is 493. The molecule has 0 saturated carbocycles. The van der Waals surface area contributed by atoms with E-state index in [4.69, 9.17) is 20.6 Å². The molecule has 2 rings (SSSR count). The molecule has 1 aliphatic heterocycles. The highest BCUT2D eigenvalue weighted by Gasteiger charge is 2.20. The van der Waals surface area contributed by atoms with Crippen LogP contribution in [0.5, 0.6) is 5.75 Å². The molecule has 1 heterocycles. The molecule has 0 aromatic heterocycles. The highest BCUT2D eigenvalue weighted by molar-refractivity contribution is 5.95. The molecule has 1 atom stereocenters. The monoisotopic (exact) mass is 291 g/mol. The summed E-state index contributed by atoms with van der Waals surface area (Å²) in [5, 5.41) is 7.52. The van der Waals surface area contributed by atoms with Gasteiger partial charge in [-0.2, -0.15) is 0 Å². The first-order valence-electron chi connectivity index (χ1n) is 7.43. The standard InChI is InChI=1S/C16H25N3O2/c1-4-19-5-6-20-14(9-19)10-21-15-11(2)7-13(16(17)18)8-12(15)3/h7-8,14H,4-6,9-10H2,1-3H3,(H3,17,18). The van der Waals surface area contributed by atoms with Gasteiger partial charge >= 0.3 is 0 Å². The first-order chi connectivity index (χ1) is 10.0. The fraction of sp³-hybridized carbons (Fsp3) is 0.562. The number of rotatable bonds is 5. The van der Waals surface area contributed by atoms with Crippen LogP contribution in [0.2, 0.25) is 0 Å². The number of likely N-dealkylation sites (N-methyl/N-ethyl adjacent to an activating group) is 1. The molecule has 1 aromatic carbocycles. The molecule has 1 saturated heterocycles. The second kappa shape index (κ2) is 6.91. The lowest BCUT2D eigenvalue weighted by molar-refractivity contribution is -0.0465. The molecule has 116 valence electrons. The van der Waals surface area contributed by atoms with Gasteiger partial charge in [-0.3, -0.25) is 10.3 Å². The predicted octanol–water partition coefficient (Wildman–Crippen LogP) is 1.69. The number of nitrogens with zero attached hydrogens (tertiary/aromatic N) is 1. The summed E-state index contributed by atoms with van der Waals surface area (Å²) in [6, 6.07) is 3.79. The van der Waals surface area contributed by atoms with Crippen LogP contribution < -0.4 is 10.5 Å². The highest BCUT2D eigenvalue weighted by Crippen LogP contribution is 2.25. The molecule has 0 bridgehead atoms. The zero-order chi connectivity index (χ0) is 15.4. The molecule has 3 N–H and O–H groups in total. The van der Waals surface area contributed by atoms with Crippen molar-refractivity contribution in [3.05, 3.63) is 28.8 Å². The van der Waals surface area contributed by atoms with E-state index in [1.807, 2.05) is 26.0 Å². The van der Waals surface area contributed by atoms with Gasteiger partial charge in [-0.05, 0) is 43.7 Å². The topological polar surface area (TPSA) is 71.6 Å². The summed E-state index contributed by atoms with van der Waals surface area (Å²) < 4.78 is 11.7. The van der Waals surface area contributed by atoms with E-state index in [2.05, 4.69) is 11.8 Å². The van der Waals surface area contributed by atoms with Crippen molar-refractivity contribution in [3.8, 4) is 5.75 Å². The van der Waals surface area contributed by atoms with Gasteiger partial charge in [0.1, 0.15) is 24.3 Å². The van der Waals surface area contributed by atoms with Gasteiger partial charge < -0.3 is 15.2 Å². The Hall–Kier alpha value is -1.59. The van der Waals surface area contributed by atoms with E-state index in [1.54, 1.807) is 0 Å². The second-order valence-electron chi connectivity index (χ2n) is 5.55. The number of nitrogens with two attached hydrogens (primary N) is 1. The van der Waals surface area contributed by atoms with E-state index in [1.165, 1.54) is 0 Å². The second-order valence-corrected chi connectivity index (χ2v) is 5.55. The summed E-state index contributed by atoms with van der Waals surface area (Å²) in [5.41, 5.74) is 8.29. The first-order valence-corrected chi connectivity index (χ1v) is 7.43. The molecule has 0 radical (unpaired) electrons. The molecule has 0 amide bonds. The third-order valence-electron chi connectivity index (χ3n) is 3.86. The number of amidine groups is 1. The molecule has 1 unspecified atom stereocenters. The van der Waals surface area contributed by atoms with Crippen LogP contribution in [-0.2, 0) is 4.74 Å². The van der Waals surface area contributed by atoms with Gasteiger partial charge in [0.05, 0.1) is 6.61 Å². The largest absolute Gasteiger partial charge is 0.490 e. The number of ether oxygens (including phenoxy) is 2. The summed E-state index contributed by atoms with van der Waals surface area (Å²) >= 11 is 0. The van der Waals surface area contributed by atoms with E-state index in [-0.39, 0.29) is 11.9 Å². The molecule has 5 heteroatoms. The molecule has 1 fully saturated rings. The van der Waals surface area contributed by atoms with Crippen LogP contribution in [0.4, 0.5) is 0 Å². The third kappa shape index (κ3) is 3.95. The molecule has 1 aliphatic rings. The van der Waals surface area contributed by atoms with Crippen LogP contribution in [-0.4, -0.2) is 49.7 Å². The van der Waals surface area contributed by atoms with Gasteiger partial charge in [-0.1, -0.05) is 6.92 Å². The Morgan fingerprint density at radius 3 is 2.67 bits per heavy atom. The molecular weight excluding hydrogens is 266 g/mol. The van der Waals surface area contributed by atoms with Crippen molar-refractivity contribution in [1.29, 1.82) is 5.41 Å². The number of hydrogen-bond donors (Lipinski definition) is 2. The smallest absolute Gasteiger partial charge is 0.125 e. The first kappa shape index (κ1) is 15.8. The number of nitrogens with one attached hydrogen (secondary N) is 1. The van der Waals surface area contributed by atoms with Crippen molar-refractivity contribution in [2.75, 3.05) is 32.8 Å². The molecular formula is C16H25N3O2. The molecule has 0 aliphatic carbocycles. The molecule has 5 nitrogen and oxygen atoms in total. The van der Waals surface area contributed by atoms with Crippen LogP contribution >= 0.6 is 0 Å². The van der Waals surface area contributed by atoms with Crippen molar-refractivity contribution in [2.24, 2.45) is 5.73 Å². The fourth-order valence-corrected chi connectivity index (χ4v) is 2.68. The zero-order valence-corrected chi connectivity index (χ0v) is 13.1. The van der Waals surface area contributed by atoms with Crippen LogP contribution in [0.25, 0.3) is 0 Å². The maximum Gasteiger partial charge on any atom is 0.125 e. The van der Waals surface area contributed by atoms with Gasteiger partial charge in [0.25, 0.3) is 0 Å². The predicted molar refractivity (Wildman–Crippen MR) is 84.3 cm³/mol. The number of nitrogen functional groups attached to an aromatic ring is 1. The van der Waals surface area contributed by atoms with Crippen molar-refractivity contribution in [2.45, 2.75) is 26.9 Å². The van der Waals surface area contributed by atoms with Crippen LogP contribution in [0.1, 0.15) is 23.6 Å². The van der Waals surface area contributed by atoms with Crippen LogP contribution in [0, 0.1) is 19.3 Å². The van der Waals surface area contributed by atoms with E-state index in [9.17, 15) is 0 Å². The summed E-state index contributed by atoms with van der Waals surface area (Å²) in [6.07, 6.45) is 0.116. The lowest BCUT2D eigenvalue weighted by atomic mass is 10.1. The van der Waals surface area contributed by atoms with Gasteiger partial charge in [0, 0.05) is 18.7 Å². The van der Waals surface area contributed by atoms with Gasteiger partial charge in [-0.25, -0.2) is 0 Å². The van der Waals surface area contributed by atoms with Crippen LogP contribution in [0.15, 0.2) is 12.1 Å².